The van der Waals surface area contributed by atoms with Gasteiger partial charge in [0.05, 0.1) is 17.2 Å². The van der Waals surface area contributed by atoms with Crippen LogP contribution in [0, 0.1) is 12.8 Å². The van der Waals surface area contributed by atoms with Crippen LogP contribution in [-0.2, 0) is 40.5 Å². The Bertz CT molecular complexity index is 1870. The Morgan fingerprint density at radius 2 is 1.67 bits per heavy atom. The number of likely N-dealkylation sites (N-methyl/N-ethyl adjacent to an activating group) is 1. The molecule has 0 radical (unpaired) electrons. The van der Waals surface area contributed by atoms with Crippen molar-refractivity contribution in [3.63, 3.8) is 0 Å². The summed E-state index contributed by atoms with van der Waals surface area (Å²) in [5.41, 5.74) is 9.04. The van der Waals surface area contributed by atoms with Crippen LogP contribution in [0.15, 0.2) is 106 Å². The number of ether oxygens (including phenoxy) is 1. The molecule has 4 N–H and O–H groups in total. The first kappa shape index (κ1) is 39.3. The third-order valence-corrected chi connectivity index (χ3v) is 9.99. The van der Waals surface area contributed by atoms with Crippen molar-refractivity contribution in [3.05, 3.63) is 108 Å². The summed E-state index contributed by atoms with van der Waals surface area (Å²) in [5.74, 6) is -2.61. The fraction of sp³-hybridized carbons (Fsp3) is 0.342. The molecule has 1 aliphatic rings. The highest BCUT2D eigenvalue weighted by molar-refractivity contribution is 7.90. The van der Waals surface area contributed by atoms with Crippen LogP contribution < -0.4 is 20.7 Å². The van der Waals surface area contributed by atoms with Gasteiger partial charge in [0.1, 0.15) is 12.6 Å². The first-order valence-electron chi connectivity index (χ1n) is 17.0. The van der Waals surface area contributed by atoms with E-state index < -0.39 is 33.9 Å². The highest BCUT2D eigenvalue weighted by Gasteiger charge is 2.31. The number of nitrogens with one attached hydrogen (secondary N) is 2. The number of nitrogens with two attached hydrogens (primary N) is 1. The molecule has 4 rings (SSSR count). The van der Waals surface area contributed by atoms with E-state index in [2.05, 4.69) is 15.0 Å². The molecule has 1 unspecified atom stereocenters. The number of guanidine groups is 1. The van der Waals surface area contributed by atoms with Gasteiger partial charge in [-0.2, -0.15) is 0 Å². The van der Waals surface area contributed by atoms with E-state index in [9.17, 15) is 27.6 Å². The molecule has 2 atom stereocenters. The van der Waals surface area contributed by atoms with Crippen molar-refractivity contribution in [2.24, 2.45) is 16.6 Å². The number of hydrogen-bond acceptors (Lipinski definition) is 8. The van der Waals surface area contributed by atoms with Crippen molar-refractivity contribution in [1.29, 1.82) is 0 Å². The van der Waals surface area contributed by atoms with E-state index in [0.717, 1.165) is 16.7 Å². The SMILES string of the molecule is CC(=O)N(C)[C@@H](CCCN=C(N)NS(=O)(=O)c1ccc(C)cc1)C(=O)NCC1=CC(CC(=O)OCc2ccccc2)C(=O)N(c2ccccc2)CC1. The lowest BCUT2D eigenvalue weighted by molar-refractivity contribution is -0.147. The maximum absolute atomic E-state index is 13.8. The van der Waals surface area contributed by atoms with Crippen LogP contribution >= 0.6 is 0 Å². The summed E-state index contributed by atoms with van der Waals surface area (Å²) in [4.78, 5) is 59.6. The smallest absolute Gasteiger partial charge is 0.307 e. The van der Waals surface area contributed by atoms with Gasteiger partial charge in [-0.1, -0.05) is 77.9 Å². The molecule has 276 valence electrons. The molecule has 1 heterocycles. The number of amides is 3. The topological polar surface area (TPSA) is 181 Å². The number of anilines is 1. The van der Waals surface area contributed by atoms with Crippen LogP contribution in [0.1, 0.15) is 43.7 Å². The fourth-order valence-electron chi connectivity index (χ4n) is 5.61. The number of benzene rings is 3. The lowest BCUT2D eigenvalue weighted by atomic mass is 10.0. The molecule has 0 saturated carbocycles. The number of rotatable bonds is 15. The first-order chi connectivity index (χ1) is 24.8. The zero-order valence-corrected chi connectivity index (χ0v) is 30.5. The number of aryl methyl sites for hydroxylation is 1. The summed E-state index contributed by atoms with van der Waals surface area (Å²) in [6.07, 6.45) is 2.54. The van der Waals surface area contributed by atoms with E-state index >= 15 is 0 Å². The quantitative estimate of drug-likeness (QED) is 0.0699. The molecule has 0 saturated heterocycles. The minimum atomic E-state index is -3.91. The Balaban J connectivity index is 1.40. The number of hydrogen-bond donors (Lipinski definition) is 3. The highest BCUT2D eigenvalue weighted by atomic mass is 32.2. The summed E-state index contributed by atoms with van der Waals surface area (Å²) in [6.45, 7) is 3.82. The van der Waals surface area contributed by atoms with Gasteiger partial charge in [-0.25, -0.2) is 13.1 Å². The van der Waals surface area contributed by atoms with Gasteiger partial charge in [-0.05, 0) is 56.0 Å². The van der Waals surface area contributed by atoms with E-state index in [4.69, 9.17) is 10.5 Å². The van der Waals surface area contributed by atoms with Gasteiger partial charge in [0.2, 0.25) is 23.7 Å². The molecule has 0 fully saturated rings. The highest BCUT2D eigenvalue weighted by Crippen LogP contribution is 2.25. The number of sulfonamides is 1. The normalized spacial score (nSPS) is 15.6. The van der Waals surface area contributed by atoms with Crippen molar-refractivity contribution < 1.29 is 32.3 Å². The van der Waals surface area contributed by atoms with Crippen molar-refractivity contribution in [3.8, 4) is 0 Å². The van der Waals surface area contributed by atoms with Crippen LogP contribution in [0.25, 0.3) is 0 Å². The molecule has 3 aromatic carbocycles. The first-order valence-corrected chi connectivity index (χ1v) is 18.5. The molecule has 14 heteroatoms. The van der Waals surface area contributed by atoms with Gasteiger partial charge in [-0.3, -0.25) is 24.2 Å². The Labute approximate surface area is 305 Å². The zero-order chi connectivity index (χ0) is 37.7. The van der Waals surface area contributed by atoms with Gasteiger partial charge >= 0.3 is 5.97 Å². The summed E-state index contributed by atoms with van der Waals surface area (Å²) < 4.78 is 33.0. The predicted molar refractivity (Wildman–Crippen MR) is 198 cm³/mol. The van der Waals surface area contributed by atoms with Crippen molar-refractivity contribution in [2.75, 3.05) is 31.6 Å². The van der Waals surface area contributed by atoms with Crippen LogP contribution in [0.5, 0.6) is 0 Å². The lowest BCUT2D eigenvalue weighted by Gasteiger charge is -2.26. The molecule has 0 spiro atoms. The Kier molecular flexibility index (Phi) is 14.1. The van der Waals surface area contributed by atoms with Crippen LogP contribution in [0.4, 0.5) is 5.69 Å². The third-order valence-electron chi connectivity index (χ3n) is 8.62. The van der Waals surface area contributed by atoms with Crippen LogP contribution in [0.2, 0.25) is 0 Å². The van der Waals surface area contributed by atoms with E-state index in [0.29, 0.717) is 25.1 Å². The van der Waals surface area contributed by atoms with Gasteiger partial charge in [0.25, 0.3) is 10.0 Å². The summed E-state index contributed by atoms with van der Waals surface area (Å²) in [5, 5.41) is 2.91. The second kappa shape index (κ2) is 18.7. The van der Waals surface area contributed by atoms with E-state index in [-0.39, 0.29) is 55.2 Å². The molecule has 3 amide bonds. The molecule has 52 heavy (non-hydrogen) atoms. The molecule has 13 nitrogen and oxygen atoms in total. The van der Waals surface area contributed by atoms with Gasteiger partial charge < -0.3 is 25.6 Å². The molecule has 0 aromatic heterocycles. The van der Waals surface area contributed by atoms with Crippen molar-refractivity contribution >= 4 is 45.4 Å². The average molecular weight is 731 g/mol. The van der Waals surface area contributed by atoms with E-state index in [1.807, 2.05) is 67.6 Å². The second-order valence-corrected chi connectivity index (χ2v) is 14.2. The molecule has 1 aliphatic heterocycles. The van der Waals surface area contributed by atoms with E-state index in [1.165, 1.54) is 31.0 Å². The number of carbonyl (C=O) groups is 4. The maximum Gasteiger partial charge on any atom is 0.307 e. The monoisotopic (exact) mass is 730 g/mol. The van der Waals surface area contributed by atoms with Gasteiger partial charge in [0, 0.05) is 39.3 Å². The summed E-state index contributed by atoms with van der Waals surface area (Å²) >= 11 is 0. The molecular weight excluding hydrogens is 685 g/mol. The molecule has 3 aromatic rings. The second-order valence-electron chi connectivity index (χ2n) is 12.5. The zero-order valence-electron chi connectivity index (χ0n) is 29.7. The average Bonchev–Trinajstić information content (AvgIpc) is 3.28. The van der Waals surface area contributed by atoms with Gasteiger partial charge in [0.15, 0.2) is 0 Å². The fourth-order valence-corrected chi connectivity index (χ4v) is 6.56. The third kappa shape index (κ3) is 11.5. The Hall–Kier alpha value is -5.50. The number of nitrogens with zero attached hydrogens (tertiary/aromatic N) is 3. The summed E-state index contributed by atoms with van der Waals surface area (Å²) in [7, 11) is -2.39. The van der Waals surface area contributed by atoms with E-state index in [1.54, 1.807) is 23.1 Å². The number of aliphatic imine (C=N–C) groups is 1. The largest absolute Gasteiger partial charge is 0.461 e. The standard InChI is InChI=1S/C38H46N6O7S/c1-27-16-18-33(19-17-27)52(49,50)42-38(39)40-21-10-15-34(43(3)28(2)45)36(47)41-25-30-20-22-44(32-13-8-5-9-14-32)37(48)31(23-30)24-35(46)51-26-29-11-6-4-7-12-29/h4-9,11-14,16-19,23,31,34H,10,15,20-22,24-26H2,1-3H3,(H,41,47)(H3,39,40,42)/t31?,34-/m0/s1. The lowest BCUT2D eigenvalue weighted by Crippen LogP contribution is -2.47. The van der Waals surface area contributed by atoms with Crippen molar-refractivity contribution in [2.45, 2.75) is 57.1 Å². The molecule has 0 aliphatic carbocycles. The van der Waals surface area contributed by atoms with Crippen molar-refractivity contribution in [1.82, 2.24) is 14.9 Å². The van der Waals surface area contributed by atoms with Crippen LogP contribution in [0.3, 0.4) is 0 Å². The predicted octanol–water partition coefficient (Wildman–Crippen LogP) is 3.44. The molecular formula is C38H46N6O7S. The number of esters is 1. The van der Waals surface area contributed by atoms with Gasteiger partial charge in [-0.15, -0.1) is 0 Å². The summed E-state index contributed by atoms with van der Waals surface area (Å²) in [6, 6.07) is 23.9. The number of para-hydroxylation sites is 1. The maximum atomic E-state index is 13.8. The Morgan fingerprint density at radius 1 is 1.02 bits per heavy atom. The minimum absolute atomic E-state index is 0.0475. The van der Waals surface area contributed by atoms with Crippen LogP contribution in [-0.4, -0.2) is 75.7 Å². The molecule has 0 bridgehead atoms. The Morgan fingerprint density at radius 3 is 2.33 bits per heavy atom. The minimum Gasteiger partial charge on any atom is -0.461 e. The number of carbonyl (C=O) groups excluding carboxylic acids is 4.